The molecule has 7 heteroatoms. The molecule has 0 N–H and O–H groups in total. The highest BCUT2D eigenvalue weighted by molar-refractivity contribution is 7.22. The van der Waals surface area contributed by atoms with Crippen molar-refractivity contribution in [2.45, 2.75) is 19.9 Å². The lowest BCUT2D eigenvalue weighted by Gasteiger charge is -2.19. The van der Waals surface area contributed by atoms with E-state index in [9.17, 15) is 9.59 Å². The molecule has 0 aliphatic carbocycles. The molecule has 1 amide bonds. The number of carbonyl (C=O) groups excluding carboxylic acids is 1. The molecule has 6 nitrogen and oxygen atoms in total. The first-order valence-corrected chi connectivity index (χ1v) is 11.1. The maximum atomic E-state index is 13.7. The summed E-state index contributed by atoms with van der Waals surface area (Å²) in [6.07, 6.45) is 2.51. The number of hydrogen-bond acceptors (Lipinski definition) is 6. The second-order valence-corrected chi connectivity index (χ2v) is 8.32. The molecule has 5 aromatic rings. The van der Waals surface area contributed by atoms with Crippen molar-refractivity contribution in [2.24, 2.45) is 0 Å². The Hall–Kier alpha value is -3.84. The third kappa shape index (κ3) is 3.67. The molecular weight excluding hydrogens is 422 g/mol. The van der Waals surface area contributed by atoms with E-state index in [1.807, 2.05) is 48.5 Å². The summed E-state index contributed by atoms with van der Waals surface area (Å²) in [4.78, 5) is 37.0. The van der Waals surface area contributed by atoms with E-state index in [4.69, 9.17) is 9.40 Å². The van der Waals surface area contributed by atoms with Crippen molar-refractivity contribution in [1.82, 2.24) is 9.97 Å². The van der Waals surface area contributed by atoms with Crippen LogP contribution in [0.5, 0.6) is 0 Å². The lowest BCUT2D eigenvalue weighted by Crippen LogP contribution is -2.34. The minimum absolute atomic E-state index is 0.0328. The molecule has 0 saturated carbocycles. The van der Waals surface area contributed by atoms with Crippen LogP contribution in [0.3, 0.4) is 0 Å². The van der Waals surface area contributed by atoms with Crippen LogP contribution in [0, 0.1) is 0 Å². The fourth-order valence-corrected chi connectivity index (χ4v) is 4.64. The van der Waals surface area contributed by atoms with Crippen LogP contribution < -0.4 is 10.5 Å². The van der Waals surface area contributed by atoms with Gasteiger partial charge in [-0.25, -0.2) is 9.78 Å². The average molecular weight is 442 g/mol. The maximum absolute atomic E-state index is 13.7. The number of rotatable bonds is 5. The van der Waals surface area contributed by atoms with Gasteiger partial charge in [-0.1, -0.05) is 54.7 Å². The van der Waals surface area contributed by atoms with Crippen LogP contribution in [0.4, 0.5) is 5.13 Å². The molecule has 0 unspecified atom stereocenters. The standard InChI is InChI=1S/C25H19N3O3S/c1-2-16-9-7-12-21-22(16)27-25(32-21)28(15-18-10-5-6-13-26-18)23(29)19-14-17-8-3-4-11-20(17)31-24(19)30/h3-14H,2,15H2,1H3. The van der Waals surface area contributed by atoms with Gasteiger partial charge in [0.2, 0.25) is 0 Å². The number of benzene rings is 2. The molecule has 0 atom stereocenters. The Kier molecular flexibility index (Phi) is 5.25. The number of aromatic nitrogens is 2. The molecule has 0 radical (unpaired) electrons. The number of fused-ring (bicyclic) bond motifs is 2. The van der Waals surface area contributed by atoms with E-state index in [-0.39, 0.29) is 12.1 Å². The zero-order valence-corrected chi connectivity index (χ0v) is 18.1. The SMILES string of the molecule is CCc1cccc2sc(N(Cc3ccccn3)C(=O)c3cc4ccccc4oc3=O)nc12. The first kappa shape index (κ1) is 20.1. The van der Waals surface area contributed by atoms with Crippen LogP contribution in [-0.2, 0) is 13.0 Å². The lowest BCUT2D eigenvalue weighted by atomic mass is 10.1. The Balaban J connectivity index is 1.64. The summed E-state index contributed by atoms with van der Waals surface area (Å²) in [5.74, 6) is -0.465. The molecule has 0 bridgehead atoms. The molecule has 0 aliphatic rings. The third-order valence-electron chi connectivity index (χ3n) is 5.27. The number of para-hydroxylation sites is 2. The second kappa shape index (κ2) is 8.36. The van der Waals surface area contributed by atoms with Crippen molar-refractivity contribution in [3.05, 3.63) is 100 Å². The summed E-state index contributed by atoms with van der Waals surface area (Å²) in [6, 6.07) is 20.3. The second-order valence-electron chi connectivity index (χ2n) is 7.31. The molecular formula is C25H19N3O3S. The van der Waals surface area contributed by atoms with Crippen LogP contribution in [-0.4, -0.2) is 15.9 Å². The van der Waals surface area contributed by atoms with Gasteiger partial charge >= 0.3 is 5.63 Å². The van der Waals surface area contributed by atoms with Crippen molar-refractivity contribution in [2.75, 3.05) is 4.90 Å². The molecule has 5 rings (SSSR count). The van der Waals surface area contributed by atoms with E-state index in [1.165, 1.54) is 16.2 Å². The minimum Gasteiger partial charge on any atom is -0.422 e. The monoisotopic (exact) mass is 441 g/mol. The van der Waals surface area contributed by atoms with Gasteiger partial charge in [0.1, 0.15) is 11.1 Å². The Labute approximate surface area is 187 Å². The normalized spacial score (nSPS) is 11.2. The molecule has 3 heterocycles. The molecule has 158 valence electrons. The lowest BCUT2D eigenvalue weighted by molar-refractivity contribution is 0.0981. The molecule has 0 saturated heterocycles. The summed E-state index contributed by atoms with van der Waals surface area (Å²) in [5, 5.41) is 1.20. The van der Waals surface area contributed by atoms with Crippen molar-refractivity contribution in [3.63, 3.8) is 0 Å². The molecule has 3 aromatic heterocycles. The van der Waals surface area contributed by atoms with Crippen LogP contribution in [0.2, 0.25) is 0 Å². The van der Waals surface area contributed by atoms with Gasteiger partial charge in [-0.05, 0) is 42.3 Å². The minimum atomic E-state index is -0.671. The molecule has 0 spiro atoms. The Bertz CT molecular complexity index is 1490. The topological polar surface area (TPSA) is 76.3 Å². The van der Waals surface area contributed by atoms with Gasteiger partial charge < -0.3 is 4.42 Å². The fraction of sp³-hybridized carbons (Fsp3) is 0.120. The zero-order chi connectivity index (χ0) is 22.1. The number of pyridine rings is 1. The van der Waals surface area contributed by atoms with Crippen molar-refractivity contribution >= 4 is 43.6 Å². The highest BCUT2D eigenvalue weighted by Gasteiger charge is 2.26. The van der Waals surface area contributed by atoms with E-state index >= 15 is 0 Å². The van der Waals surface area contributed by atoms with Gasteiger partial charge in [-0.15, -0.1) is 0 Å². The molecule has 2 aromatic carbocycles. The Morgan fingerprint density at radius 1 is 1.06 bits per heavy atom. The molecule has 0 fully saturated rings. The summed E-state index contributed by atoms with van der Waals surface area (Å²) in [5.41, 5.74) is 2.42. The summed E-state index contributed by atoms with van der Waals surface area (Å²) >= 11 is 1.42. The highest BCUT2D eigenvalue weighted by Crippen LogP contribution is 2.32. The Morgan fingerprint density at radius 3 is 2.72 bits per heavy atom. The zero-order valence-electron chi connectivity index (χ0n) is 17.3. The maximum Gasteiger partial charge on any atom is 0.349 e. The van der Waals surface area contributed by atoms with Gasteiger partial charge in [-0.2, -0.15) is 0 Å². The highest BCUT2D eigenvalue weighted by atomic mass is 32.1. The van der Waals surface area contributed by atoms with E-state index in [2.05, 4.69) is 11.9 Å². The number of nitrogens with zero attached hydrogens (tertiary/aromatic N) is 3. The molecule has 0 aliphatic heterocycles. The van der Waals surface area contributed by atoms with E-state index < -0.39 is 11.5 Å². The van der Waals surface area contributed by atoms with Gasteiger partial charge in [0.25, 0.3) is 5.91 Å². The largest absolute Gasteiger partial charge is 0.422 e. The quantitative estimate of drug-likeness (QED) is 0.350. The molecule has 32 heavy (non-hydrogen) atoms. The third-order valence-corrected chi connectivity index (χ3v) is 6.31. The number of amides is 1. The fourth-order valence-electron chi connectivity index (χ4n) is 3.63. The number of anilines is 1. The Morgan fingerprint density at radius 2 is 1.91 bits per heavy atom. The van der Waals surface area contributed by atoms with Crippen LogP contribution >= 0.6 is 11.3 Å². The number of thiazole rings is 1. The van der Waals surface area contributed by atoms with Gasteiger partial charge in [0.05, 0.1) is 22.5 Å². The smallest absolute Gasteiger partial charge is 0.349 e. The van der Waals surface area contributed by atoms with Gasteiger partial charge in [0.15, 0.2) is 5.13 Å². The summed E-state index contributed by atoms with van der Waals surface area (Å²) in [6.45, 7) is 2.26. The van der Waals surface area contributed by atoms with E-state index in [0.29, 0.717) is 21.8 Å². The van der Waals surface area contributed by atoms with E-state index in [0.717, 1.165) is 22.2 Å². The van der Waals surface area contributed by atoms with Crippen molar-refractivity contribution < 1.29 is 9.21 Å². The van der Waals surface area contributed by atoms with Crippen molar-refractivity contribution in [1.29, 1.82) is 0 Å². The van der Waals surface area contributed by atoms with Gasteiger partial charge in [0, 0.05) is 11.6 Å². The van der Waals surface area contributed by atoms with Gasteiger partial charge in [-0.3, -0.25) is 14.7 Å². The number of hydrogen-bond donors (Lipinski definition) is 0. The first-order chi connectivity index (χ1) is 15.6. The summed E-state index contributed by atoms with van der Waals surface area (Å²) < 4.78 is 6.40. The predicted octanol–water partition coefficient (Wildman–Crippen LogP) is 5.21. The number of aryl methyl sites for hydroxylation is 1. The van der Waals surface area contributed by atoms with Crippen LogP contribution in [0.15, 0.2) is 82.1 Å². The predicted molar refractivity (Wildman–Crippen MR) is 126 cm³/mol. The van der Waals surface area contributed by atoms with Crippen molar-refractivity contribution in [3.8, 4) is 0 Å². The van der Waals surface area contributed by atoms with Crippen LogP contribution in [0.25, 0.3) is 21.2 Å². The number of carbonyl (C=O) groups is 1. The van der Waals surface area contributed by atoms with Crippen LogP contribution in [0.1, 0.15) is 28.5 Å². The average Bonchev–Trinajstić information content (AvgIpc) is 3.26. The summed E-state index contributed by atoms with van der Waals surface area (Å²) in [7, 11) is 0. The van der Waals surface area contributed by atoms with E-state index in [1.54, 1.807) is 24.4 Å². The first-order valence-electron chi connectivity index (χ1n) is 10.3.